The fraction of sp³-hybridized carbons (Fsp3) is 0.500. The molecule has 78 valence electrons. The number of para-hydroxylation sites is 1. The number of anilines is 1. The van der Waals surface area contributed by atoms with Gasteiger partial charge < -0.3 is 10.2 Å². The Bertz CT molecular complexity index is 271. The van der Waals surface area contributed by atoms with Crippen LogP contribution in [0, 0.1) is 6.92 Å². The van der Waals surface area contributed by atoms with Gasteiger partial charge in [-0.15, -0.1) is 0 Å². The highest BCUT2D eigenvalue weighted by molar-refractivity contribution is 5.52. The maximum Gasteiger partial charge on any atom is 0.0396 e. The SMILES string of the molecule is CCN(CCNC)c1ccccc1C. The van der Waals surface area contributed by atoms with Gasteiger partial charge in [-0.05, 0) is 32.5 Å². The van der Waals surface area contributed by atoms with Crippen molar-refractivity contribution >= 4 is 5.69 Å². The number of hydrogen-bond donors (Lipinski definition) is 1. The van der Waals surface area contributed by atoms with Crippen LogP contribution in [-0.2, 0) is 0 Å². The molecule has 1 rings (SSSR count). The fourth-order valence-corrected chi connectivity index (χ4v) is 1.61. The minimum Gasteiger partial charge on any atom is -0.370 e. The maximum atomic E-state index is 3.18. The minimum atomic E-state index is 1.03. The van der Waals surface area contributed by atoms with E-state index in [0.29, 0.717) is 0 Å². The van der Waals surface area contributed by atoms with Crippen molar-refractivity contribution < 1.29 is 0 Å². The van der Waals surface area contributed by atoms with Gasteiger partial charge in [-0.1, -0.05) is 18.2 Å². The Morgan fingerprint density at radius 2 is 2.00 bits per heavy atom. The van der Waals surface area contributed by atoms with Crippen LogP contribution in [0.1, 0.15) is 12.5 Å². The number of nitrogens with one attached hydrogen (secondary N) is 1. The molecule has 0 heterocycles. The molecule has 0 aliphatic rings. The average molecular weight is 192 g/mol. The van der Waals surface area contributed by atoms with Crippen LogP contribution >= 0.6 is 0 Å². The summed E-state index contributed by atoms with van der Waals surface area (Å²) >= 11 is 0. The zero-order chi connectivity index (χ0) is 10.4. The Morgan fingerprint density at radius 1 is 1.29 bits per heavy atom. The van der Waals surface area contributed by atoms with Gasteiger partial charge in [0.25, 0.3) is 0 Å². The van der Waals surface area contributed by atoms with Gasteiger partial charge in [0.15, 0.2) is 0 Å². The molecule has 2 heteroatoms. The molecular formula is C12H20N2. The lowest BCUT2D eigenvalue weighted by atomic mass is 10.2. The van der Waals surface area contributed by atoms with Crippen LogP contribution in [0.25, 0.3) is 0 Å². The highest BCUT2D eigenvalue weighted by atomic mass is 15.1. The van der Waals surface area contributed by atoms with Gasteiger partial charge in [0, 0.05) is 25.3 Å². The third-order valence-electron chi connectivity index (χ3n) is 2.47. The number of hydrogen-bond acceptors (Lipinski definition) is 2. The summed E-state index contributed by atoms with van der Waals surface area (Å²) in [5, 5.41) is 3.18. The van der Waals surface area contributed by atoms with E-state index >= 15 is 0 Å². The standard InChI is InChI=1S/C12H20N2/c1-4-14(10-9-13-3)12-8-6-5-7-11(12)2/h5-8,13H,4,9-10H2,1-3H3. The van der Waals surface area contributed by atoms with Crippen molar-refractivity contribution in [3.8, 4) is 0 Å². The zero-order valence-electron chi connectivity index (χ0n) is 9.38. The largest absolute Gasteiger partial charge is 0.370 e. The first kappa shape index (κ1) is 11.1. The second-order valence-corrected chi connectivity index (χ2v) is 3.47. The van der Waals surface area contributed by atoms with E-state index in [1.807, 2.05) is 7.05 Å². The molecule has 0 fully saturated rings. The van der Waals surface area contributed by atoms with Gasteiger partial charge in [0.1, 0.15) is 0 Å². The first-order valence-electron chi connectivity index (χ1n) is 5.24. The van der Waals surface area contributed by atoms with Crippen molar-refractivity contribution in [1.82, 2.24) is 5.32 Å². The van der Waals surface area contributed by atoms with Crippen LogP contribution in [0.15, 0.2) is 24.3 Å². The fourth-order valence-electron chi connectivity index (χ4n) is 1.61. The van der Waals surface area contributed by atoms with Crippen molar-refractivity contribution in [2.24, 2.45) is 0 Å². The van der Waals surface area contributed by atoms with Crippen LogP contribution in [0.3, 0.4) is 0 Å². The molecule has 0 unspecified atom stereocenters. The van der Waals surface area contributed by atoms with Gasteiger partial charge in [-0.2, -0.15) is 0 Å². The van der Waals surface area contributed by atoms with Crippen LogP contribution in [0.2, 0.25) is 0 Å². The third kappa shape index (κ3) is 2.74. The van der Waals surface area contributed by atoms with Crippen LogP contribution in [0.5, 0.6) is 0 Å². The van der Waals surface area contributed by atoms with Crippen LogP contribution in [-0.4, -0.2) is 26.7 Å². The van der Waals surface area contributed by atoms with Crippen molar-refractivity contribution in [2.45, 2.75) is 13.8 Å². The Hall–Kier alpha value is -1.02. The smallest absolute Gasteiger partial charge is 0.0396 e. The predicted octanol–water partition coefficient (Wildman–Crippen LogP) is 2.04. The molecule has 0 saturated heterocycles. The Kier molecular flexibility index (Phi) is 4.47. The minimum absolute atomic E-state index is 1.03. The van der Waals surface area contributed by atoms with Gasteiger partial charge in [-0.25, -0.2) is 0 Å². The summed E-state index contributed by atoms with van der Waals surface area (Å²) in [4.78, 5) is 2.39. The molecular weight excluding hydrogens is 172 g/mol. The molecule has 1 N–H and O–H groups in total. The number of likely N-dealkylation sites (N-methyl/N-ethyl adjacent to an activating group) is 2. The molecule has 0 bridgehead atoms. The van der Waals surface area contributed by atoms with E-state index in [1.165, 1.54) is 11.3 Å². The average Bonchev–Trinajstić information content (AvgIpc) is 2.21. The third-order valence-corrected chi connectivity index (χ3v) is 2.47. The molecule has 0 saturated carbocycles. The zero-order valence-corrected chi connectivity index (χ0v) is 9.38. The number of benzene rings is 1. The lowest BCUT2D eigenvalue weighted by Crippen LogP contribution is -2.30. The molecule has 0 atom stereocenters. The topological polar surface area (TPSA) is 15.3 Å². The summed E-state index contributed by atoms with van der Waals surface area (Å²) in [6.07, 6.45) is 0. The quantitative estimate of drug-likeness (QED) is 0.768. The van der Waals surface area contributed by atoms with E-state index in [0.717, 1.165) is 19.6 Å². The van der Waals surface area contributed by atoms with E-state index in [4.69, 9.17) is 0 Å². The molecule has 0 aromatic heterocycles. The Morgan fingerprint density at radius 3 is 2.57 bits per heavy atom. The van der Waals surface area contributed by atoms with E-state index in [9.17, 15) is 0 Å². The molecule has 0 spiro atoms. The van der Waals surface area contributed by atoms with Gasteiger partial charge >= 0.3 is 0 Å². The molecule has 0 amide bonds. The highest BCUT2D eigenvalue weighted by Gasteiger charge is 2.04. The monoisotopic (exact) mass is 192 g/mol. The van der Waals surface area contributed by atoms with E-state index < -0.39 is 0 Å². The summed E-state index contributed by atoms with van der Waals surface area (Å²) in [6, 6.07) is 8.54. The molecule has 1 aromatic rings. The summed E-state index contributed by atoms with van der Waals surface area (Å²) in [5.41, 5.74) is 2.70. The summed E-state index contributed by atoms with van der Waals surface area (Å²) in [7, 11) is 1.99. The van der Waals surface area contributed by atoms with Crippen LogP contribution in [0.4, 0.5) is 5.69 Å². The number of rotatable bonds is 5. The van der Waals surface area contributed by atoms with Gasteiger partial charge in [0.05, 0.1) is 0 Å². The second kappa shape index (κ2) is 5.66. The van der Waals surface area contributed by atoms with Crippen molar-refractivity contribution in [3.05, 3.63) is 29.8 Å². The van der Waals surface area contributed by atoms with Crippen molar-refractivity contribution in [2.75, 3.05) is 31.6 Å². The molecule has 14 heavy (non-hydrogen) atoms. The lowest BCUT2D eigenvalue weighted by molar-refractivity contribution is 0.735. The predicted molar refractivity (Wildman–Crippen MR) is 63.0 cm³/mol. The van der Waals surface area contributed by atoms with Crippen molar-refractivity contribution in [3.63, 3.8) is 0 Å². The van der Waals surface area contributed by atoms with Gasteiger partial charge in [-0.3, -0.25) is 0 Å². The first-order chi connectivity index (χ1) is 6.79. The molecule has 1 aromatic carbocycles. The summed E-state index contributed by atoms with van der Waals surface area (Å²) in [5.74, 6) is 0. The van der Waals surface area contributed by atoms with E-state index in [2.05, 4.69) is 48.3 Å². The Labute approximate surface area is 86.9 Å². The molecule has 2 nitrogen and oxygen atoms in total. The van der Waals surface area contributed by atoms with Gasteiger partial charge in [0.2, 0.25) is 0 Å². The Balaban J connectivity index is 2.73. The van der Waals surface area contributed by atoms with E-state index in [1.54, 1.807) is 0 Å². The molecule has 0 aliphatic carbocycles. The van der Waals surface area contributed by atoms with Crippen molar-refractivity contribution in [1.29, 1.82) is 0 Å². The molecule has 0 aliphatic heterocycles. The van der Waals surface area contributed by atoms with Crippen LogP contribution < -0.4 is 10.2 Å². The molecule has 0 radical (unpaired) electrons. The summed E-state index contributed by atoms with van der Waals surface area (Å²) < 4.78 is 0. The highest BCUT2D eigenvalue weighted by Crippen LogP contribution is 2.18. The number of nitrogens with zero attached hydrogens (tertiary/aromatic N) is 1. The summed E-state index contributed by atoms with van der Waals surface area (Å²) in [6.45, 7) is 7.52. The van der Waals surface area contributed by atoms with E-state index in [-0.39, 0.29) is 0 Å². The maximum absolute atomic E-state index is 3.18. The second-order valence-electron chi connectivity index (χ2n) is 3.47. The number of aryl methyl sites for hydroxylation is 1. The first-order valence-corrected chi connectivity index (χ1v) is 5.24. The lowest BCUT2D eigenvalue weighted by Gasteiger charge is -2.24. The normalized spacial score (nSPS) is 10.2.